The maximum Gasteiger partial charge on any atom is 0.226 e. The Balaban J connectivity index is 1.41. The normalized spacial score (nSPS) is 16.9. The monoisotopic (exact) mass is 564 g/mol. The molecule has 1 aliphatic heterocycles. The summed E-state index contributed by atoms with van der Waals surface area (Å²) >= 11 is 18.4. The second-order valence-corrected chi connectivity index (χ2v) is 10.1. The molecule has 0 spiro atoms. The Morgan fingerprint density at radius 3 is 2.68 bits per heavy atom. The number of nitrogens with zero attached hydrogens (tertiary/aromatic N) is 2. The molecule has 2 atom stereocenters. The fourth-order valence-corrected chi connectivity index (χ4v) is 5.42. The van der Waals surface area contributed by atoms with Crippen LogP contribution >= 0.6 is 35.4 Å². The van der Waals surface area contributed by atoms with Crippen LogP contribution in [0.25, 0.3) is 11.3 Å². The van der Waals surface area contributed by atoms with Crippen molar-refractivity contribution in [2.45, 2.75) is 31.8 Å². The molecule has 9 heteroatoms. The van der Waals surface area contributed by atoms with Gasteiger partial charge in [0.15, 0.2) is 5.11 Å². The van der Waals surface area contributed by atoms with Crippen molar-refractivity contribution < 1.29 is 9.21 Å². The average molecular weight is 566 g/mol. The minimum Gasteiger partial charge on any atom is -0.459 e. The summed E-state index contributed by atoms with van der Waals surface area (Å²) in [6.07, 6.45) is 2.83. The Morgan fingerprint density at radius 1 is 1.08 bits per heavy atom. The van der Waals surface area contributed by atoms with Gasteiger partial charge in [0, 0.05) is 30.4 Å². The lowest BCUT2D eigenvalue weighted by Gasteiger charge is -2.26. The van der Waals surface area contributed by atoms with Crippen LogP contribution in [-0.2, 0) is 11.2 Å². The second kappa shape index (κ2) is 11.6. The zero-order valence-corrected chi connectivity index (χ0v) is 23.0. The van der Waals surface area contributed by atoms with Crippen LogP contribution in [0.3, 0.4) is 0 Å². The van der Waals surface area contributed by atoms with E-state index in [0.717, 1.165) is 23.4 Å². The Bertz CT molecular complexity index is 1460. The van der Waals surface area contributed by atoms with Crippen LogP contribution in [0.1, 0.15) is 42.4 Å². The van der Waals surface area contributed by atoms with Gasteiger partial charge in [-0.3, -0.25) is 9.78 Å². The minimum atomic E-state index is -0.320. The molecule has 2 aromatic carbocycles. The molecule has 2 unspecified atom stereocenters. The van der Waals surface area contributed by atoms with E-state index in [1.807, 2.05) is 71.6 Å². The summed E-state index contributed by atoms with van der Waals surface area (Å²) in [7, 11) is 0. The van der Waals surface area contributed by atoms with Crippen molar-refractivity contribution in [3.63, 3.8) is 0 Å². The molecule has 2 aromatic heterocycles. The van der Waals surface area contributed by atoms with Crippen molar-refractivity contribution >= 4 is 52.1 Å². The van der Waals surface area contributed by atoms with E-state index in [1.165, 1.54) is 0 Å². The molecule has 3 heterocycles. The van der Waals surface area contributed by atoms with Gasteiger partial charge in [-0.15, -0.1) is 0 Å². The lowest BCUT2D eigenvalue weighted by Crippen LogP contribution is -2.32. The van der Waals surface area contributed by atoms with Crippen LogP contribution < -0.4 is 10.6 Å². The first-order valence-corrected chi connectivity index (χ1v) is 13.5. The van der Waals surface area contributed by atoms with Crippen molar-refractivity contribution in [1.82, 2.24) is 15.2 Å². The lowest BCUT2D eigenvalue weighted by atomic mass is 10.0. The first kappa shape index (κ1) is 26.2. The van der Waals surface area contributed by atoms with Gasteiger partial charge >= 0.3 is 0 Å². The van der Waals surface area contributed by atoms with Crippen molar-refractivity contribution in [2.75, 3.05) is 11.9 Å². The van der Waals surface area contributed by atoms with Gasteiger partial charge in [-0.05, 0) is 66.7 Å². The zero-order valence-electron chi connectivity index (χ0n) is 20.7. The molecule has 1 aliphatic rings. The zero-order chi connectivity index (χ0) is 26.6. The van der Waals surface area contributed by atoms with Crippen LogP contribution in [0.4, 0.5) is 5.69 Å². The van der Waals surface area contributed by atoms with E-state index >= 15 is 0 Å². The van der Waals surface area contributed by atoms with Gasteiger partial charge < -0.3 is 20.0 Å². The summed E-state index contributed by atoms with van der Waals surface area (Å²) in [6, 6.07) is 22.2. The predicted molar refractivity (Wildman–Crippen MR) is 155 cm³/mol. The Morgan fingerprint density at radius 2 is 1.89 bits per heavy atom. The van der Waals surface area contributed by atoms with Gasteiger partial charge in [-0.2, -0.15) is 0 Å². The van der Waals surface area contributed by atoms with Crippen LogP contribution in [0, 0.1) is 0 Å². The molecule has 1 saturated heterocycles. The number of aryl methyl sites for hydroxylation is 1. The number of anilines is 1. The Hall–Kier alpha value is -3.39. The first-order valence-electron chi connectivity index (χ1n) is 12.4. The van der Waals surface area contributed by atoms with Crippen LogP contribution in [0.15, 0.2) is 83.4 Å². The Labute approximate surface area is 237 Å². The number of amides is 1. The van der Waals surface area contributed by atoms with Gasteiger partial charge in [0.1, 0.15) is 17.6 Å². The highest BCUT2D eigenvalue weighted by Gasteiger charge is 2.41. The number of carbonyl (C=O) groups excluding carboxylic acids is 1. The molecular formula is C29H26Cl2N4O2S. The summed E-state index contributed by atoms with van der Waals surface area (Å²) in [6.45, 7) is 2.46. The third-order valence-electron chi connectivity index (χ3n) is 6.59. The highest BCUT2D eigenvalue weighted by Crippen LogP contribution is 2.42. The van der Waals surface area contributed by atoms with Crippen LogP contribution in [-0.4, -0.2) is 27.4 Å². The van der Waals surface area contributed by atoms with Crippen molar-refractivity contribution in [1.29, 1.82) is 0 Å². The fourth-order valence-electron chi connectivity index (χ4n) is 4.69. The fraction of sp³-hybridized carbons (Fsp3) is 0.207. The molecular weight excluding hydrogens is 539 g/mol. The standard InChI is InChI=1S/C29H26Cl2N4O2S/c1-2-18-8-3-4-11-21(18)33-25(36)15-17-35-28(27(34-29(35)38)22-12-5-6-16-32-22)24-14-13-23(37-24)19-9-7-10-20(30)26(19)31/h3-14,16,27-28H,2,15,17H2,1H3,(H,33,36)(H,34,38). The van der Waals surface area contributed by atoms with Crippen molar-refractivity contribution in [2.24, 2.45) is 0 Å². The molecule has 0 radical (unpaired) electrons. The third-order valence-corrected chi connectivity index (χ3v) is 7.76. The van der Waals surface area contributed by atoms with Crippen molar-refractivity contribution in [3.8, 4) is 11.3 Å². The largest absolute Gasteiger partial charge is 0.459 e. The van der Waals surface area contributed by atoms with Crippen molar-refractivity contribution in [3.05, 3.63) is 106 Å². The number of halogens is 2. The molecule has 1 amide bonds. The van der Waals surface area contributed by atoms with Gasteiger partial charge in [0.2, 0.25) is 5.91 Å². The van der Waals surface area contributed by atoms with Crippen LogP contribution in [0.2, 0.25) is 10.0 Å². The SMILES string of the molecule is CCc1ccccc1NC(=O)CCN1C(=S)NC(c2ccccn2)C1c1ccc(-c2cccc(Cl)c2Cl)o1. The number of para-hydroxylation sites is 1. The van der Waals surface area contributed by atoms with Gasteiger partial charge in [0.05, 0.1) is 21.8 Å². The number of thiocarbonyl (C=S) groups is 1. The van der Waals surface area contributed by atoms with Crippen LogP contribution in [0.5, 0.6) is 0 Å². The summed E-state index contributed by atoms with van der Waals surface area (Å²) < 4.78 is 6.34. The van der Waals surface area contributed by atoms with E-state index in [1.54, 1.807) is 12.3 Å². The maximum absolute atomic E-state index is 12.9. The van der Waals surface area contributed by atoms with E-state index in [0.29, 0.717) is 38.8 Å². The summed E-state index contributed by atoms with van der Waals surface area (Å²) in [5.74, 6) is 1.19. The number of pyridine rings is 1. The number of aromatic nitrogens is 1. The van der Waals surface area contributed by atoms with Gasteiger partial charge in [-0.1, -0.05) is 60.5 Å². The van der Waals surface area contributed by atoms with Gasteiger partial charge in [-0.25, -0.2) is 0 Å². The number of benzene rings is 2. The maximum atomic E-state index is 12.9. The molecule has 0 saturated carbocycles. The first-order chi connectivity index (χ1) is 18.5. The third kappa shape index (κ3) is 5.41. The smallest absolute Gasteiger partial charge is 0.226 e. The summed E-state index contributed by atoms with van der Waals surface area (Å²) in [4.78, 5) is 19.5. The molecule has 0 bridgehead atoms. The average Bonchev–Trinajstić information content (AvgIpc) is 3.54. The quantitative estimate of drug-likeness (QED) is 0.220. The topological polar surface area (TPSA) is 70.4 Å². The molecule has 5 rings (SSSR count). The summed E-state index contributed by atoms with van der Waals surface area (Å²) in [5, 5.41) is 7.84. The highest BCUT2D eigenvalue weighted by atomic mass is 35.5. The molecule has 4 aromatic rings. The Kier molecular flexibility index (Phi) is 7.98. The van der Waals surface area contributed by atoms with Gasteiger partial charge in [0.25, 0.3) is 0 Å². The number of nitrogens with one attached hydrogen (secondary N) is 2. The van der Waals surface area contributed by atoms with E-state index in [4.69, 9.17) is 39.8 Å². The van der Waals surface area contributed by atoms with E-state index in [2.05, 4.69) is 22.5 Å². The molecule has 194 valence electrons. The summed E-state index contributed by atoms with van der Waals surface area (Å²) in [5.41, 5.74) is 3.45. The second-order valence-electron chi connectivity index (χ2n) is 8.93. The molecule has 38 heavy (non-hydrogen) atoms. The highest BCUT2D eigenvalue weighted by molar-refractivity contribution is 7.80. The lowest BCUT2D eigenvalue weighted by molar-refractivity contribution is -0.116. The number of hydrogen-bond acceptors (Lipinski definition) is 4. The molecule has 2 N–H and O–H groups in total. The van der Waals surface area contributed by atoms with E-state index in [-0.39, 0.29) is 24.4 Å². The predicted octanol–water partition coefficient (Wildman–Crippen LogP) is 7.21. The number of furan rings is 1. The van der Waals surface area contributed by atoms with E-state index in [9.17, 15) is 4.79 Å². The number of carbonyl (C=O) groups is 1. The van der Waals surface area contributed by atoms with E-state index < -0.39 is 0 Å². The minimum absolute atomic E-state index is 0.0837. The molecule has 0 aliphatic carbocycles. The number of rotatable bonds is 8. The molecule has 6 nitrogen and oxygen atoms in total. The molecule has 1 fully saturated rings. The number of hydrogen-bond donors (Lipinski definition) is 2.